The summed E-state index contributed by atoms with van der Waals surface area (Å²) < 4.78 is 15.5. The molecular weight excluding hydrogens is 353 g/mol. The summed E-state index contributed by atoms with van der Waals surface area (Å²) in [7, 11) is 0. The highest BCUT2D eigenvalue weighted by molar-refractivity contribution is 5.96. The molecule has 4 aromatic rings. The van der Waals surface area contributed by atoms with Gasteiger partial charge in [0, 0.05) is 0 Å². The molecule has 0 saturated heterocycles. The lowest BCUT2D eigenvalue weighted by atomic mass is 9.99. The lowest BCUT2D eigenvalue weighted by Gasteiger charge is -2.16. The molecule has 0 aliphatic rings. The summed E-state index contributed by atoms with van der Waals surface area (Å²) in [4.78, 5) is 12.9. The number of amides is 1. The van der Waals surface area contributed by atoms with Crippen molar-refractivity contribution in [3.05, 3.63) is 95.6 Å². The second-order valence-corrected chi connectivity index (χ2v) is 6.77. The summed E-state index contributed by atoms with van der Waals surface area (Å²) in [5.41, 5.74) is 2.38. The fourth-order valence-corrected chi connectivity index (χ4v) is 3.48. The molecule has 0 spiro atoms. The van der Waals surface area contributed by atoms with Gasteiger partial charge in [-0.25, -0.2) is 9.07 Å². The van der Waals surface area contributed by atoms with Crippen molar-refractivity contribution in [2.24, 2.45) is 0 Å². The van der Waals surface area contributed by atoms with Crippen molar-refractivity contribution < 1.29 is 9.18 Å². The third-order valence-electron chi connectivity index (χ3n) is 4.97. The number of rotatable bonds is 4. The average molecular weight is 373 g/mol. The molecule has 3 aromatic carbocycles. The molecule has 1 heterocycles. The SMILES string of the molecule is Cc1c(C(=O)NC(C)c2cccc3ccccc23)cnn1-c1ccccc1F. The standard InChI is InChI=1S/C23H20FN3O/c1-15(18-11-7-9-17-8-3-4-10-19(17)18)26-23(28)20-14-25-27(16(20)2)22-13-6-5-12-21(22)24/h3-15H,1-2H3,(H,26,28). The number of nitrogens with zero attached hydrogens (tertiary/aromatic N) is 2. The Morgan fingerprint density at radius 1 is 1.04 bits per heavy atom. The maximum Gasteiger partial charge on any atom is 0.255 e. The lowest BCUT2D eigenvalue weighted by molar-refractivity contribution is 0.0939. The number of hydrogen-bond donors (Lipinski definition) is 1. The maximum absolute atomic E-state index is 14.1. The van der Waals surface area contributed by atoms with Gasteiger partial charge in [-0.05, 0) is 42.3 Å². The van der Waals surface area contributed by atoms with Crippen LogP contribution in [0.3, 0.4) is 0 Å². The highest BCUT2D eigenvalue weighted by Crippen LogP contribution is 2.25. The summed E-state index contributed by atoms with van der Waals surface area (Å²) in [5.74, 6) is -0.620. The highest BCUT2D eigenvalue weighted by atomic mass is 19.1. The van der Waals surface area contributed by atoms with E-state index in [0.29, 0.717) is 16.9 Å². The fraction of sp³-hybridized carbons (Fsp3) is 0.130. The smallest absolute Gasteiger partial charge is 0.255 e. The van der Waals surface area contributed by atoms with Crippen molar-refractivity contribution in [2.45, 2.75) is 19.9 Å². The number of carbonyl (C=O) groups excluding carboxylic acids is 1. The topological polar surface area (TPSA) is 46.9 Å². The van der Waals surface area contributed by atoms with Crippen molar-refractivity contribution in [1.29, 1.82) is 0 Å². The zero-order valence-corrected chi connectivity index (χ0v) is 15.7. The number of nitrogens with one attached hydrogen (secondary N) is 1. The Morgan fingerprint density at radius 2 is 1.75 bits per heavy atom. The van der Waals surface area contributed by atoms with Crippen LogP contribution in [0.1, 0.15) is 34.6 Å². The van der Waals surface area contributed by atoms with Crippen molar-refractivity contribution in [3.8, 4) is 5.69 Å². The van der Waals surface area contributed by atoms with E-state index >= 15 is 0 Å². The molecule has 1 amide bonds. The van der Waals surface area contributed by atoms with Crippen LogP contribution < -0.4 is 5.32 Å². The molecule has 1 aromatic heterocycles. The van der Waals surface area contributed by atoms with Crippen molar-refractivity contribution >= 4 is 16.7 Å². The quantitative estimate of drug-likeness (QED) is 0.549. The fourth-order valence-electron chi connectivity index (χ4n) is 3.48. The van der Waals surface area contributed by atoms with E-state index in [2.05, 4.69) is 28.6 Å². The van der Waals surface area contributed by atoms with Crippen LogP contribution in [-0.2, 0) is 0 Å². The van der Waals surface area contributed by atoms with Crippen LogP contribution in [0.5, 0.6) is 0 Å². The van der Waals surface area contributed by atoms with Crippen LogP contribution >= 0.6 is 0 Å². The molecule has 28 heavy (non-hydrogen) atoms. The number of benzene rings is 3. The molecule has 0 fully saturated rings. The molecule has 5 heteroatoms. The number of para-hydroxylation sites is 1. The molecule has 4 nitrogen and oxygen atoms in total. The van der Waals surface area contributed by atoms with E-state index < -0.39 is 0 Å². The van der Waals surface area contributed by atoms with Gasteiger partial charge in [0.05, 0.1) is 23.5 Å². The molecule has 1 atom stereocenters. The predicted molar refractivity (Wildman–Crippen MR) is 108 cm³/mol. The molecule has 0 saturated carbocycles. The second kappa shape index (κ2) is 7.27. The van der Waals surface area contributed by atoms with Crippen molar-refractivity contribution in [3.63, 3.8) is 0 Å². The van der Waals surface area contributed by atoms with Gasteiger partial charge in [-0.2, -0.15) is 5.10 Å². The summed E-state index contributed by atoms with van der Waals surface area (Å²) in [6.07, 6.45) is 1.48. The van der Waals surface area contributed by atoms with Gasteiger partial charge in [0.25, 0.3) is 5.91 Å². The number of hydrogen-bond acceptors (Lipinski definition) is 2. The van der Waals surface area contributed by atoms with Crippen molar-refractivity contribution in [2.75, 3.05) is 0 Å². The van der Waals surface area contributed by atoms with Crippen LogP contribution in [0.2, 0.25) is 0 Å². The summed E-state index contributed by atoms with van der Waals surface area (Å²) in [6, 6.07) is 20.3. The maximum atomic E-state index is 14.1. The van der Waals surface area contributed by atoms with E-state index in [0.717, 1.165) is 16.3 Å². The Kier molecular flexibility index (Phi) is 4.65. The Bertz CT molecular complexity index is 1160. The van der Waals surface area contributed by atoms with Gasteiger partial charge in [-0.1, -0.05) is 54.6 Å². The van der Waals surface area contributed by atoms with Gasteiger partial charge in [-0.15, -0.1) is 0 Å². The zero-order valence-electron chi connectivity index (χ0n) is 15.7. The summed E-state index contributed by atoms with van der Waals surface area (Å²) in [5, 5.41) is 9.49. The number of carbonyl (C=O) groups is 1. The van der Waals surface area contributed by atoms with Gasteiger partial charge >= 0.3 is 0 Å². The third-order valence-corrected chi connectivity index (χ3v) is 4.97. The molecule has 0 aliphatic heterocycles. The van der Waals surface area contributed by atoms with E-state index in [1.54, 1.807) is 25.1 Å². The highest BCUT2D eigenvalue weighted by Gasteiger charge is 2.19. The van der Waals surface area contributed by atoms with Gasteiger partial charge < -0.3 is 5.32 Å². The Morgan fingerprint density at radius 3 is 2.57 bits per heavy atom. The molecule has 4 rings (SSSR count). The Labute approximate surface area is 162 Å². The molecule has 140 valence electrons. The van der Waals surface area contributed by atoms with E-state index in [4.69, 9.17) is 0 Å². The Hall–Kier alpha value is -3.47. The third kappa shape index (κ3) is 3.16. The first-order valence-electron chi connectivity index (χ1n) is 9.14. The lowest BCUT2D eigenvalue weighted by Crippen LogP contribution is -2.27. The van der Waals surface area contributed by atoms with E-state index in [-0.39, 0.29) is 17.8 Å². The number of fused-ring (bicyclic) bond motifs is 1. The van der Waals surface area contributed by atoms with Crippen LogP contribution in [0.4, 0.5) is 4.39 Å². The number of aromatic nitrogens is 2. The molecule has 1 N–H and O–H groups in total. The van der Waals surface area contributed by atoms with Gasteiger partial charge in [0.1, 0.15) is 11.5 Å². The summed E-state index contributed by atoms with van der Waals surface area (Å²) in [6.45, 7) is 3.72. The van der Waals surface area contributed by atoms with Gasteiger partial charge in [-0.3, -0.25) is 4.79 Å². The zero-order chi connectivity index (χ0) is 19.7. The largest absolute Gasteiger partial charge is 0.345 e. The molecule has 1 unspecified atom stereocenters. The normalized spacial score (nSPS) is 12.1. The minimum Gasteiger partial charge on any atom is -0.345 e. The van der Waals surface area contributed by atoms with Crippen LogP contribution in [0.15, 0.2) is 72.9 Å². The first-order chi connectivity index (χ1) is 13.6. The van der Waals surface area contributed by atoms with Gasteiger partial charge in [0.15, 0.2) is 0 Å². The van der Waals surface area contributed by atoms with Crippen LogP contribution in [0, 0.1) is 12.7 Å². The first kappa shape index (κ1) is 17.9. The monoisotopic (exact) mass is 373 g/mol. The van der Waals surface area contributed by atoms with Crippen molar-refractivity contribution in [1.82, 2.24) is 15.1 Å². The minimum absolute atomic E-state index is 0.185. The van der Waals surface area contributed by atoms with E-state index in [9.17, 15) is 9.18 Å². The molecule has 0 bridgehead atoms. The molecule has 0 aliphatic carbocycles. The van der Waals surface area contributed by atoms with Gasteiger partial charge in [0.2, 0.25) is 0 Å². The number of halogens is 1. The van der Waals surface area contributed by atoms with Crippen LogP contribution in [-0.4, -0.2) is 15.7 Å². The second-order valence-electron chi connectivity index (χ2n) is 6.77. The average Bonchev–Trinajstić information content (AvgIpc) is 3.09. The summed E-state index contributed by atoms with van der Waals surface area (Å²) >= 11 is 0. The molecular formula is C23H20FN3O. The van der Waals surface area contributed by atoms with E-state index in [1.807, 2.05) is 31.2 Å². The van der Waals surface area contributed by atoms with E-state index in [1.165, 1.54) is 16.9 Å². The van der Waals surface area contributed by atoms with Crippen LogP contribution in [0.25, 0.3) is 16.5 Å². The predicted octanol–water partition coefficient (Wildman–Crippen LogP) is 4.96. The Balaban J connectivity index is 1.61. The minimum atomic E-state index is -0.384. The first-order valence-corrected chi connectivity index (χ1v) is 9.14. The molecule has 0 radical (unpaired) electrons.